The number of benzene rings is 9. The summed E-state index contributed by atoms with van der Waals surface area (Å²) >= 11 is 1.78. The molecule has 0 radical (unpaired) electrons. The molecule has 0 aliphatic heterocycles. The summed E-state index contributed by atoms with van der Waals surface area (Å²) in [5.41, 5.74) is 11.8. The highest BCUT2D eigenvalue weighted by atomic mass is 32.1. The molecule has 12 rings (SSSR count). The predicted molar refractivity (Wildman–Crippen MR) is 282 cm³/mol. The Morgan fingerprint density at radius 3 is 1.73 bits per heavy atom. The van der Waals surface area contributed by atoms with E-state index >= 15 is 0 Å². The maximum Gasteiger partial charge on any atom is 0.196 e. The summed E-state index contributed by atoms with van der Waals surface area (Å²) in [6, 6.07) is 68.7. The SMILES string of the molecule is [C-]#[N+]c1ccc(-c2ccc3c(c2)c2cc(-c4ccc(C#N)cc4[N+]#[C-])ccc2n3-c2ccc(-c3cccc4sc5ccccc5c34)cc2-c2nc(-c3ccccc3)nc(-c3ccccc3)n2)c(C#N)c1. The molecule has 0 unspecified atom stereocenters. The second-order valence-electron chi connectivity index (χ2n) is 16.8. The predicted octanol–water partition coefficient (Wildman–Crippen LogP) is 16.2. The molecular weight excluding hydrogens is 877 g/mol. The first-order valence-electron chi connectivity index (χ1n) is 22.3. The molecule has 0 fully saturated rings. The zero-order valence-corrected chi connectivity index (χ0v) is 37.8. The maximum absolute atomic E-state index is 10.3. The molecule has 0 aliphatic carbocycles. The first-order chi connectivity index (χ1) is 34.5. The van der Waals surface area contributed by atoms with Crippen LogP contribution in [0.4, 0.5) is 11.4 Å². The number of nitriles is 2. The zero-order valence-electron chi connectivity index (χ0n) is 37.0. The van der Waals surface area contributed by atoms with Gasteiger partial charge in [-0.05, 0) is 100 Å². The average Bonchev–Trinajstić information content (AvgIpc) is 3.98. The van der Waals surface area contributed by atoms with Crippen molar-refractivity contribution < 1.29 is 0 Å². The second-order valence-corrected chi connectivity index (χ2v) is 17.8. The Morgan fingerprint density at radius 2 is 1.06 bits per heavy atom. The molecule has 70 heavy (non-hydrogen) atoms. The third-order valence-electron chi connectivity index (χ3n) is 12.8. The van der Waals surface area contributed by atoms with Crippen molar-refractivity contribution in [3.63, 3.8) is 0 Å². The van der Waals surface area contributed by atoms with Crippen LogP contribution >= 0.6 is 11.3 Å². The quantitative estimate of drug-likeness (QED) is 0.148. The van der Waals surface area contributed by atoms with Gasteiger partial charge in [-0.15, -0.1) is 11.3 Å². The van der Waals surface area contributed by atoms with Gasteiger partial charge in [0.05, 0.1) is 42.0 Å². The van der Waals surface area contributed by atoms with Crippen molar-refractivity contribution in [3.8, 4) is 85.4 Å². The van der Waals surface area contributed by atoms with Crippen molar-refractivity contribution in [3.05, 3.63) is 228 Å². The van der Waals surface area contributed by atoms with E-state index in [-0.39, 0.29) is 0 Å². The van der Waals surface area contributed by atoms with Gasteiger partial charge in [-0.25, -0.2) is 24.6 Å². The van der Waals surface area contributed by atoms with E-state index in [2.05, 4.69) is 111 Å². The molecule has 8 nitrogen and oxygen atoms in total. The summed E-state index contributed by atoms with van der Waals surface area (Å²) in [7, 11) is 0. The average molecular weight is 909 g/mol. The summed E-state index contributed by atoms with van der Waals surface area (Å²) in [6.07, 6.45) is 0. The van der Waals surface area contributed by atoms with E-state index in [9.17, 15) is 10.5 Å². The number of nitrogens with zero attached hydrogens (tertiary/aromatic N) is 8. The number of thiophene rings is 1. The van der Waals surface area contributed by atoms with E-state index in [0.717, 1.165) is 66.4 Å². The Morgan fingerprint density at radius 1 is 0.443 bits per heavy atom. The second kappa shape index (κ2) is 17.0. The van der Waals surface area contributed by atoms with E-state index in [4.69, 9.17) is 28.1 Å². The topological polar surface area (TPSA) is 99.9 Å². The van der Waals surface area contributed by atoms with Crippen LogP contribution in [0, 0.1) is 35.8 Å². The Hall–Kier alpha value is -10.0. The van der Waals surface area contributed by atoms with Crippen molar-refractivity contribution in [2.24, 2.45) is 0 Å². The minimum Gasteiger partial charge on any atom is -0.308 e. The standard InChI is InChI=1S/C61H32N8S/c1-64-44-24-26-45(43(31-44)36-63)40-21-27-53-49(32-40)50-33-41(46-25-20-37(35-62)30-52(46)65-2)22-28-54(50)69(53)55-29-23-42(47-17-11-19-57-58(47)48-16-9-10-18-56(48)70-57)34-51(55)61-67-59(38-12-5-3-6-13-38)66-60(68-61)39-14-7-4-8-15-39/h3-34H. The molecule has 0 spiro atoms. The minimum atomic E-state index is 0.381. The van der Waals surface area contributed by atoms with Crippen molar-refractivity contribution in [2.75, 3.05) is 0 Å². The smallest absolute Gasteiger partial charge is 0.196 e. The van der Waals surface area contributed by atoms with Crippen LogP contribution < -0.4 is 0 Å². The third kappa shape index (κ3) is 7.00. The van der Waals surface area contributed by atoms with Crippen molar-refractivity contribution in [1.29, 1.82) is 10.5 Å². The maximum atomic E-state index is 10.3. The number of aromatic nitrogens is 4. The van der Waals surface area contributed by atoms with Crippen LogP contribution in [0.1, 0.15) is 11.1 Å². The molecule has 9 aromatic carbocycles. The van der Waals surface area contributed by atoms with Gasteiger partial charge in [-0.1, -0.05) is 127 Å². The normalized spacial score (nSPS) is 11.1. The van der Waals surface area contributed by atoms with E-state index in [0.29, 0.717) is 51.1 Å². The molecule has 0 saturated carbocycles. The summed E-state index contributed by atoms with van der Waals surface area (Å²) in [5.74, 6) is 1.57. The van der Waals surface area contributed by atoms with Crippen molar-refractivity contribution >= 4 is 64.7 Å². The molecule has 3 aromatic heterocycles. The lowest BCUT2D eigenvalue weighted by Crippen LogP contribution is -2.04. The lowest BCUT2D eigenvalue weighted by atomic mass is 9.96. The van der Waals surface area contributed by atoms with Crippen molar-refractivity contribution in [1.82, 2.24) is 19.5 Å². The Labute approximate surface area is 406 Å². The molecule has 0 aliphatic rings. The highest BCUT2D eigenvalue weighted by molar-refractivity contribution is 7.25. The summed E-state index contributed by atoms with van der Waals surface area (Å²) in [6.45, 7) is 15.7. The van der Waals surface area contributed by atoms with Gasteiger partial charge in [0.15, 0.2) is 28.8 Å². The third-order valence-corrected chi connectivity index (χ3v) is 13.9. The van der Waals surface area contributed by atoms with Crippen LogP contribution in [-0.4, -0.2) is 19.5 Å². The molecule has 0 amide bonds. The lowest BCUT2D eigenvalue weighted by molar-refractivity contribution is 1.06. The minimum absolute atomic E-state index is 0.381. The highest BCUT2D eigenvalue weighted by Crippen LogP contribution is 2.45. The van der Waals surface area contributed by atoms with Crippen LogP contribution in [0.25, 0.3) is 125 Å². The van der Waals surface area contributed by atoms with Crippen LogP contribution in [0.5, 0.6) is 0 Å². The van der Waals surface area contributed by atoms with Gasteiger partial charge >= 0.3 is 0 Å². The first-order valence-corrected chi connectivity index (χ1v) is 23.2. The van der Waals surface area contributed by atoms with Gasteiger partial charge < -0.3 is 4.57 Å². The highest BCUT2D eigenvalue weighted by Gasteiger charge is 2.23. The molecule has 0 saturated heterocycles. The monoisotopic (exact) mass is 908 g/mol. The van der Waals surface area contributed by atoms with Crippen LogP contribution in [-0.2, 0) is 0 Å². The molecule has 12 aromatic rings. The van der Waals surface area contributed by atoms with E-state index in [1.54, 1.807) is 35.6 Å². The molecule has 322 valence electrons. The first kappa shape index (κ1) is 41.4. The number of hydrogen-bond donors (Lipinski definition) is 0. The van der Waals surface area contributed by atoms with Crippen LogP contribution in [0.15, 0.2) is 194 Å². The molecule has 0 N–H and O–H groups in total. The van der Waals surface area contributed by atoms with Gasteiger partial charge in [0.2, 0.25) is 0 Å². The summed E-state index contributed by atoms with van der Waals surface area (Å²) in [4.78, 5) is 23.1. The van der Waals surface area contributed by atoms with Gasteiger partial charge in [0, 0.05) is 58.8 Å². The summed E-state index contributed by atoms with van der Waals surface area (Å²) in [5, 5.41) is 24.2. The van der Waals surface area contributed by atoms with Gasteiger partial charge in [0.1, 0.15) is 0 Å². The molecule has 9 heteroatoms. The Bertz CT molecular complexity index is 4100. The van der Waals surface area contributed by atoms with E-state index in [1.807, 2.05) is 84.9 Å². The molecule has 3 heterocycles. The van der Waals surface area contributed by atoms with Crippen LogP contribution in [0.3, 0.4) is 0 Å². The van der Waals surface area contributed by atoms with Gasteiger partial charge in [0.25, 0.3) is 0 Å². The fraction of sp³-hybridized carbons (Fsp3) is 0. The van der Waals surface area contributed by atoms with Crippen LogP contribution in [0.2, 0.25) is 0 Å². The molecule has 0 atom stereocenters. The summed E-state index contributed by atoms with van der Waals surface area (Å²) < 4.78 is 4.66. The van der Waals surface area contributed by atoms with Crippen molar-refractivity contribution in [2.45, 2.75) is 0 Å². The Balaban J connectivity index is 1.17. The van der Waals surface area contributed by atoms with E-state index in [1.165, 1.54) is 20.2 Å². The zero-order chi connectivity index (χ0) is 47.3. The lowest BCUT2D eigenvalue weighted by Gasteiger charge is -2.17. The number of fused-ring (bicyclic) bond motifs is 6. The molecule has 0 bridgehead atoms. The molecular formula is C61H32N8S. The number of hydrogen-bond acceptors (Lipinski definition) is 6. The van der Waals surface area contributed by atoms with Gasteiger partial charge in [-0.3, -0.25) is 0 Å². The Kier molecular flexibility index (Phi) is 10.1. The fourth-order valence-corrected chi connectivity index (χ4v) is 10.7. The fourth-order valence-electron chi connectivity index (χ4n) is 9.52. The van der Waals surface area contributed by atoms with Gasteiger partial charge in [-0.2, -0.15) is 10.5 Å². The number of rotatable bonds is 7. The largest absolute Gasteiger partial charge is 0.308 e. The van der Waals surface area contributed by atoms with E-state index < -0.39 is 0 Å².